The molecule has 19 heavy (non-hydrogen) atoms. The average molecular weight is 259 g/mol. The van der Waals surface area contributed by atoms with E-state index >= 15 is 0 Å². The Labute approximate surface area is 109 Å². The van der Waals surface area contributed by atoms with Crippen molar-refractivity contribution in [2.45, 2.75) is 19.3 Å². The smallest absolute Gasteiger partial charge is 0.335 e. The van der Waals surface area contributed by atoms with Gasteiger partial charge in [-0.2, -0.15) is 0 Å². The highest BCUT2D eigenvalue weighted by molar-refractivity contribution is 6.21. The Balaban J connectivity index is 1.92. The fourth-order valence-corrected chi connectivity index (χ4v) is 2.52. The number of hydrogen-bond acceptors (Lipinski definition) is 3. The van der Waals surface area contributed by atoms with Gasteiger partial charge in [-0.3, -0.25) is 14.5 Å². The van der Waals surface area contributed by atoms with Gasteiger partial charge in [0.05, 0.1) is 16.7 Å². The average Bonchev–Trinajstić information content (AvgIpc) is 2.57. The number of carboxylic acid groups (broad SMARTS) is 1. The summed E-state index contributed by atoms with van der Waals surface area (Å²) in [6.45, 7) is 0.453. The number of benzene rings is 1. The summed E-state index contributed by atoms with van der Waals surface area (Å²) in [5, 5.41) is 8.92. The summed E-state index contributed by atoms with van der Waals surface area (Å²) in [4.78, 5) is 36.4. The van der Waals surface area contributed by atoms with Crippen LogP contribution in [0.5, 0.6) is 0 Å². The zero-order valence-corrected chi connectivity index (χ0v) is 10.3. The number of nitrogens with zero attached hydrogens (tertiary/aromatic N) is 1. The first-order valence-corrected chi connectivity index (χ1v) is 6.31. The van der Waals surface area contributed by atoms with Crippen molar-refractivity contribution in [2.24, 2.45) is 5.92 Å². The van der Waals surface area contributed by atoms with E-state index in [1.165, 1.54) is 23.1 Å². The Hall–Kier alpha value is -2.17. The van der Waals surface area contributed by atoms with Gasteiger partial charge < -0.3 is 5.11 Å². The molecule has 0 unspecified atom stereocenters. The zero-order valence-electron chi connectivity index (χ0n) is 10.3. The van der Waals surface area contributed by atoms with Gasteiger partial charge >= 0.3 is 5.97 Å². The number of hydrogen-bond donors (Lipinski definition) is 1. The number of rotatable bonds is 3. The second-order valence-electron chi connectivity index (χ2n) is 5.08. The summed E-state index contributed by atoms with van der Waals surface area (Å²) in [5.41, 5.74) is 0.559. The molecule has 0 saturated heterocycles. The van der Waals surface area contributed by atoms with Crippen molar-refractivity contribution < 1.29 is 19.5 Å². The molecule has 0 bridgehead atoms. The molecule has 1 aromatic carbocycles. The third kappa shape index (κ3) is 1.82. The van der Waals surface area contributed by atoms with Crippen LogP contribution in [0.1, 0.15) is 50.3 Å². The van der Waals surface area contributed by atoms with Crippen LogP contribution in [0.3, 0.4) is 0 Å². The molecule has 1 aliphatic heterocycles. The fraction of sp³-hybridized carbons (Fsp3) is 0.357. The molecule has 0 spiro atoms. The van der Waals surface area contributed by atoms with Crippen LogP contribution in [0.4, 0.5) is 0 Å². The van der Waals surface area contributed by atoms with Gasteiger partial charge in [-0.05, 0) is 37.0 Å². The summed E-state index contributed by atoms with van der Waals surface area (Å²) in [6, 6.07) is 4.08. The lowest BCUT2D eigenvalue weighted by Crippen LogP contribution is -2.36. The monoisotopic (exact) mass is 259 g/mol. The maximum Gasteiger partial charge on any atom is 0.335 e. The largest absolute Gasteiger partial charge is 0.478 e. The SMILES string of the molecule is O=C(O)c1ccc2c(c1)C(=O)N(CC1CCC1)C2=O. The van der Waals surface area contributed by atoms with E-state index in [-0.39, 0.29) is 22.9 Å². The Morgan fingerprint density at radius 1 is 1.21 bits per heavy atom. The van der Waals surface area contributed by atoms with Gasteiger partial charge in [0, 0.05) is 6.54 Å². The van der Waals surface area contributed by atoms with Crippen molar-refractivity contribution >= 4 is 17.8 Å². The van der Waals surface area contributed by atoms with Gasteiger partial charge in [0.15, 0.2) is 0 Å². The van der Waals surface area contributed by atoms with Crippen molar-refractivity contribution in [2.75, 3.05) is 6.54 Å². The molecular weight excluding hydrogens is 246 g/mol. The highest BCUT2D eigenvalue weighted by Gasteiger charge is 2.37. The minimum absolute atomic E-state index is 0.0328. The van der Waals surface area contributed by atoms with E-state index in [2.05, 4.69) is 0 Å². The molecule has 1 fully saturated rings. The Kier molecular flexibility index (Phi) is 2.62. The normalized spacial score (nSPS) is 18.4. The summed E-state index contributed by atoms with van der Waals surface area (Å²) in [6.07, 6.45) is 3.25. The van der Waals surface area contributed by atoms with Crippen LogP contribution in [0, 0.1) is 5.92 Å². The van der Waals surface area contributed by atoms with Gasteiger partial charge in [-0.1, -0.05) is 6.42 Å². The van der Waals surface area contributed by atoms with E-state index in [1.54, 1.807) is 0 Å². The lowest BCUT2D eigenvalue weighted by Gasteiger charge is -2.28. The van der Waals surface area contributed by atoms with Gasteiger partial charge in [0.25, 0.3) is 11.8 Å². The quantitative estimate of drug-likeness (QED) is 0.839. The topological polar surface area (TPSA) is 74.7 Å². The van der Waals surface area contributed by atoms with E-state index in [9.17, 15) is 14.4 Å². The number of fused-ring (bicyclic) bond motifs is 1. The minimum atomic E-state index is -1.10. The molecule has 98 valence electrons. The molecule has 1 saturated carbocycles. The predicted molar refractivity (Wildman–Crippen MR) is 66.1 cm³/mol. The first-order chi connectivity index (χ1) is 9.08. The number of carboxylic acids is 1. The molecule has 5 heteroatoms. The van der Waals surface area contributed by atoms with E-state index in [0.29, 0.717) is 18.0 Å². The molecule has 0 aromatic heterocycles. The minimum Gasteiger partial charge on any atom is -0.478 e. The van der Waals surface area contributed by atoms with Crippen molar-refractivity contribution in [3.8, 4) is 0 Å². The Morgan fingerprint density at radius 3 is 2.47 bits per heavy atom. The van der Waals surface area contributed by atoms with Gasteiger partial charge in [0.2, 0.25) is 0 Å². The molecule has 0 atom stereocenters. The highest BCUT2D eigenvalue weighted by atomic mass is 16.4. The molecule has 1 heterocycles. The van der Waals surface area contributed by atoms with Gasteiger partial charge in [-0.25, -0.2) is 4.79 Å². The van der Waals surface area contributed by atoms with Crippen molar-refractivity contribution in [1.82, 2.24) is 4.90 Å². The molecule has 0 radical (unpaired) electrons. The number of carbonyl (C=O) groups excluding carboxylic acids is 2. The summed E-state index contributed by atoms with van der Waals surface area (Å²) < 4.78 is 0. The van der Waals surface area contributed by atoms with Crippen LogP contribution < -0.4 is 0 Å². The van der Waals surface area contributed by atoms with Crippen LogP contribution in [0.2, 0.25) is 0 Å². The molecular formula is C14H13NO4. The molecule has 2 amide bonds. The van der Waals surface area contributed by atoms with Crippen molar-refractivity contribution in [1.29, 1.82) is 0 Å². The predicted octanol–water partition coefficient (Wildman–Crippen LogP) is 1.78. The zero-order chi connectivity index (χ0) is 13.6. The lowest BCUT2D eigenvalue weighted by molar-refractivity contribution is 0.0600. The first-order valence-electron chi connectivity index (χ1n) is 6.31. The lowest BCUT2D eigenvalue weighted by atomic mass is 9.85. The van der Waals surface area contributed by atoms with Crippen LogP contribution in [0.15, 0.2) is 18.2 Å². The number of amides is 2. The van der Waals surface area contributed by atoms with Crippen LogP contribution in [-0.2, 0) is 0 Å². The molecule has 1 aromatic rings. The second kappa shape index (κ2) is 4.19. The number of carbonyl (C=O) groups is 3. The summed E-state index contributed by atoms with van der Waals surface area (Å²) >= 11 is 0. The summed E-state index contributed by atoms with van der Waals surface area (Å²) in [5.74, 6) is -1.36. The molecule has 3 rings (SSSR count). The Bertz CT molecular complexity index is 589. The van der Waals surface area contributed by atoms with Gasteiger partial charge in [-0.15, -0.1) is 0 Å². The van der Waals surface area contributed by atoms with E-state index in [1.807, 2.05) is 0 Å². The second-order valence-corrected chi connectivity index (χ2v) is 5.08. The molecule has 1 N–H and O–H groups in total. The molecule has 2 aliphatic rings. The first kappa shape index (κ1) is 11.9. The third-order valence-electron chi connectivity index (χ3n) is 3.88. The van der Waals surface area contributed by atoms with E-state index < -0.39 is 5.97 Å². The van der Waals surface area contributed by atoms with E-state index in [4.69, 9.17) is 5.11 Å². The van der Waals surface area contributed by atoms with Crippen LogP contribution in [0.25, 0.3) is 0 Å². The van der Waals surface area contributed by atoms with Crippen molar-refractivity contribution in [3.05, 3.63) is 34.9 Å². The van der Waals surface area contributed by atoms with Crippen LogP contribution in [-0.4, -0.2) is 34.3 Å². The van der Waals surface area contributed by atoms with Gasteiger partial charge in [0.1, 0.15) is 0 Å². The number of imide groups is 1. The molecule has 1 aliphatic carbocycles. The maximum absolute atomic E-state index is 12.2. The van der Waals surface area contributed by atoms with Crippen molar-refractivity contribution in [3.63, 3.8) is 0 Å². The fourth-order valence-electron chi connectivity index (χ4n) is 2.52. The molecule has 5 nitrogen and oxygen atoms in total. The Morgan fingerprint density at radius 2 is 1.89 bits per heavy atom. The standard InChI is InChI=1S/C14H13NO4/c16-12-10-5-4-9(14(18)19)6-11(10)13(17)15(12)7-8-2-1-3-8/h4-6,8H,1-3,7H2,(H,18,19). The van der Waals surface area contributed by atoms with E-state index in [0.717, 1.165) is 19.3 Å². The third-order valence-corrected chi connectivity index (χ3v) is 3.88. The maximum atomic E-state index is 12.2. The highest BCUT2D eigenvalue weighted by Crippen LogP contribution is 2.31. The van der Waals surface area contributed by atoms with Crippen LogP contribution >= 0.6 is 0 Å². The summed E-state index contributed by atoms with van der Waals surface area (Å²) in [7, 11) is 0. The number of aromatic carboxylic acids is 1.